The van der Waals surface area contributed by atoms with Crippen molar-refractivity contribution in [2.75, 3.05) is 7.11 Å². The second-order valence-corrected chi connectivity index (χ2v) is 4.53. The minimum Gasteiger partial charge on any atom is -0.504 e. The van der Waals surface area contributed by atoms with Crippen LogP contribution in [-0.2, 0) is 0 Å². The van der Waals surface area contributed by atoms with Crippen molar-refractivity contribution in [3.63, 3.8) is 0 Å². The van der Waals surface area contributed by atoms with Crippen molar-refractivity contribution >= 4 is 5.78 Å². The Morgan fingerprint density at radius 2 is 1.84 bits per heavy atom. The van der Waals surface area contributed by atoms with Gasteiger partial charge in [0.1, 0.15) is 0 Å². The molecule has 0 amide bonds. The van der Waals surface area contributed by atoms with Crippen molar-refractivity contribution in [1.29, 1.82) is 0 Å². The Hall–Kier alpha value is -2.29. The Balaban J connectivity index is 2.47. The lowest BCUT2D eigenvalue weighted by atomic mass is 9.97. The summed E-state index contributed by atoms with van der Waals surface area (Å²) < 4.78 is 5.02. The fourth-order valence-corrected chi connectivity index (χ4v) is 1.95. The monoisotopic (exact) mass is 256 g/mol. The number of carbonyl (C=O) groups excluding carboxylic acids is 1. The van der Waals surface area contributed by atoms with Gasteiger partial charge in [0.05, 0.1) is 7.11 Å². The van der Waals surface area contributed by atoms with Crippen LogP contribution in [0.25, 0.3) is 0 Å². The Morgan fingerprint density at radius 1 is 1.11 bits per heavy atom. The summed E-state index contributed by atoms with van der Waals surface area (Å²) in [6.45, 7) is 3.86. The van der Waals surface area contributed by atoms with Crippen LogP contribution >= 0.6 is 0 Å². The summed E-state index contributed by atoms with van der Waals surface area (Å²) >= 11 is 0. The van der Waals surface area contributed by atoms with Crippen LogP contribution in [0.5, 0.6) is 11.5 Å². The molecule has 0 heterocycles. The third kappa shape index (κ3) is 2.60. The minimum absolute atomic E-state index is 0.0278. The van der Waals surface area contributed by atoms with Crippen LogP contribution in [0.3, 0.4) is 0 Å². The molecule has 0 spiro atoms. The average Bonchev–Trinajstić information content (AvgIpc) is 2.41. The second-order valence-electron chi connectivity index (χ2n) is 4.53. The van der Waals surface area contributed by atoms with Gasteiger partial charge in [-0.25, -0.2) is 0 Å². The first-order chi connectivity index (χ1) is 9.02. The van der Waals surface area contributed by atoms with Gasteiger partial charge in [0.2, 0.25) is 0 Å². The maximum atomic E-state index is 12.5. The predicted octanol–water partition coefficient (Wildman–Crippen LogP) is 3.25. The number of rotatable bonds is 3. The molecule has 2 rings (SSSR count). The quantitative estimate of drug-likeness (QED) is 0.857. The third-order valence-electron chi connectivity index (χ3n) is 3.08. The van der Waals surface area contributed by atoms with Crippen molar-refractivity contribution in [2.45, 2.75) is 13.8 Å². The van der Waals surface area contributed by atoms with Gasteiger partial charge in [-0.15, -0.1) is 0 Å². The number of hydrogen-bond acceptors (Lipinski definition) is 3. The number of phenols is 1. The van der Waals surface area contributed by atoms with Crippen LogP contribution in [-0.4, -0.2) is 18.0 Å². The van der Waals surface area contributed by atoms with Gasteiger partial charge in [0.15, 0.2) is 17.3 Å². The Kier molecular flexibility index (Phi) is 3.56. The van der Waals surface area contributed by atoms with E-state index in [-0.39, 0.29) is 11.5 Å². The minimum atomic E-state index is -0.0699. The highest BCUT2D eigenvalue weighted by molar-refractivity contribution is 6.10. The molecule has 0 saturated carbocycles. The highest BCUT2D eigenvalue weighted by Crippen LogP contribution is 2.27. The van der Waals surface area contributed by atoms with Crippen LogP contribution < -0.4 is 4.74 Å². The molecular formula is C16H16O3. The zero-order valence-electron chi connectivity index (χ0n) is 11.2. The summed E-state index contributed by atoms with van der Waals surface area (Å²) in [5.41, 5.74) is 3.15. The molecule has 0 aliphatic carbocycles. The van der Waals surface area contributed by atoms with E-state index in [1.165, 1.54) is 13.2 Å². The SMILES string of the molecule is COc1cc(C(=O)c2cc(C)ccc2C)ccc1O. The van der Waals surface area contributed by atoms with Crippen LogP contribution in [0.15, 0.2) is 36.4 Å². The summed E-state index contributed by atoms with van der Waals surface area (Å²) in [5.74, 6) is 0.260. The number of aromatic hydroxyl groups is 1. The van der Waals surface area contributed by atoms with Gasteiger partial charge in [0.25, 0.3) is 0 Å². The van der Waals surface area contributed by atoms with Crippen molar-refractivity contribution in [1.82, 2.24) is 0 Å². The van der Waals surface area contributed by atoms with Crippen LogP contribution in [0.4, 0.5) is 0 Å². The van der Waals surface area contributed by atoms with Gasteiger partial charge < -0.3 is 9.84 Å². The number of carbonyl (C=O) groups is 1. The van der Waals surface area contributed by atoms with Gasteiger partial charge in [-0.05, 0) is 43.7 Å². The van der Waals surface area contributed by atoms with E-state index in [2.05, 4.69) is 0 Å². The first-order valence-corrected chi connectivity index (χ1v) is 6.02. The highest BCUT2D eigenvalue weighted by Gasteiger charge is 2.14. The molecule has 0 aromatic heterocycles. The molecular weight excluding hydrogens is 240 g/mol. The zero-order chi connectivity index (χ0) is 14.0. The average molecular weight is 256 g/mol. The summed E-state index contributed by atoms with van der Waals surface area (Å²) in [4.78, 5) is 12.5. The van der Waals surface area contributed by atoms with Gasteiger partial charge in [-0.1, -0.05) is 17.7 Å². The lowest BCUT2D eigenvalue weighted by Crippen LogP contribution is -2.04. The van der Waals surface area contributed by atoms with Crippen LogP contribution in [0.1, 0.15) is 27.0 Å². The number of phenolic OH excluding ortho intramolecular Hbond substituents is 1. The van der Waals surface area contributed by atoms with E-state index in [4.69, 9.17) is 4.74 Å². The van der Waals surface area contributed by atoms with Gasteiger partial charge in [0, 0.05) is 11.1 Å². The Labute approximate surface area is 112 Å². The molecule has 0 unspecified atom stereocenters. The second kappa shape index (κ2) is 5.14. The molecule has 3 nitrogen and oxygen atoms in total. The van der Waals surface area contributed by atoms with E-state index in [0.717, 1.165) is 11.1 Å². The maximum Gasteiger partial charge on any atom is 0.193 e. The molecule has 2 aromatic rings. The zero-order valence-corrected chi connectivity index (χ0v) is 11.2. The van der Waals surface area contributed by atoms with Crippen LogP contribution in [0.2, 0.25) is 0 Å². The first kappa shape index (κ1) is 13.1. The molecule has 0 atom stereocenters. The van der Waals surface area contributed by atoms with E-state index in [1.54, 1.807) is 12.1 Å². The summed E-state index contributed by atoms with van der Waals surface area (Å²) in [5, 5.41) is 9.55. The molecule has 3 heteroatoms. The summed E-state index contributed by atoms with van der Waals surface area (Å²) in [7, 11) is 1.46. The molecule has 19 heavy (non-hydrogen) atoms. The predicted molar refractivity (Wildman–Crippen MR) is 74.0 cm³/mol. The van der Waals surface area contributed by atoms with Gasteiger partial charge >= 0.3 is 0 Å². The van der Waals surface area contributed by atoms with Gasteiger partial charge in [-0.2, -0.15) is 0 Å². The summed E-state index contributed by atoms with van der Waals surface area (Å²) in [6.07, 6.45) is 0. The van der Waals surface area contributed by atoms with Crippen molar-refractivity contribution in [2.24, 2.45) is 0 Å². The van der Waals surface area contributed by atoms with E-state index in [1.807, 2.05) is 32.0 Å². The Bertz CT molecular complexity index is 630. The largest absolute Gasteiger partial charge is 0.504 e. The molecule has 0 saturated heterocycles. The van der Waals surface area contributed by atoms with E-state index in [0.29, 0.717) is 16.9 Å². The summed E-state index contributed by atoms with van der Waals surface area (Å²) in [6, 6.07) is 10.4. The molecule has 0 aliphatic rings. The maximum absolute atomic E-state index is 12.5. The van der Waals surface area contributed by atoms with Crippen molar-refractivity contribution < 1.29 is 14.6 Å². The molecule has 0 bridgehead atoms. The molecule has 2 aromatic carbocycles. The highest BCUT2D eigenvalue weighted by atomic mass is 16.5. The lowest BCUT2D eigenvalue weighted by molar-refractivity contribution is 0.103. The topological polar surface area (TPSA) is 46.5 Å². The standard InChI is InChI=1S/C16H16O3/c1-10-4-5-11(2)13(8-10)16(18)12-6-7-14(17)15(9-12)19-3/h4-9,17H,1-3H3. The van der Waals surface area contributed by atoms with Gasteiger partial charge in [-0.3, -0.25) is 4.79 Å². The molecule has 0 radical (unpaired) electrons. The third-order valence-corrected chi connectivity index (χ3v) is 3.08. The van der Waals surface area contributed by atoms with E-state index < -0.39 is 0 Å². The fraction of sp³-hybridized carbons (Fsp3) is 0.188. The number of benzene rings is 2. The number of ketones is 1. The smallest absolute Gasteiger partial charge is 0.193 e. The number of ether oxygens (including phenoxy) is 1. The van der Waals surface area contributed by atoms with Crippen LogP contribution in [0, 0.1) is 13.8 Å². The fourth-order valence-electron chi connectivity index (χ4n) is 1.95. The van der Waals surface area contributed by atoms with Crippen molar-refractivity contribution in [3.8, 4) is 11.5 Å². The van der Waals surface area contributed by atoms with E-state index in [9.17, 15) is 9.90 Å². The molecule has 98 valence electrons. The normalized spacial score (nSPS) is 10.3. The Morgan fingerprint density at radius 3 is 2.53 bits per heavy atom. The van der Waals surface area contributed by atoms with E-state index >= 15 is 0 Å². The lowest BCUT2D eigenvalue weighted by Gasteiger charge is -2.08. The molecule has 0 aliphatic heterocycles. The number of hydrogen-bond donors (Lipinski definition) is 1. The number of methoxy groups -OCH3 is 1. The number of aryl methyl sites for hydroxylation is 2. The first-order valence-electron chi connectivity index (χ1n) is 6.02. The molecule has 1 N–H and O–H groups in total. The molecule has 0 fully saturated rings. The van der Waals surface area contributed by atoms with Crippen molar-refractivity contribution in [3.05, 3.63) is 58.7 Å².